The lowest BCUT2D eigenvalue weighted by Gasteiger charge is -2.35. The molecule has 0 aliphatic carbocycles. The summed E-state index contributed by atoms with van der Waals surface area (Å²) >= 11 is 0. The molecule has 0 aromatic rings. The summed E-state index contributed by atoms with van der Waals surface area (Å²) in [5.41, 5.74) is 7.57. The first-order valence-corrected chi connectivity index (χ1v) is 25.1. The van der Waals surface area contributed by atoms with Crippen LogP contribution in [0.1, 0.15) is 159 Å². The fourth-order valence-electron chi connectivity index (χ4n) is 7.91. The molecule has 0 saturated carbocycles. The number of hydrogen-bond donors (Lipinski definition) is 7. The second kappa shape index (κ2) is 34.5. The lowest BCUT2D eigenvalue weighted by Crippen LogP contribution is -2.44. The molecule has 0 bridgehead atoms. The molecule has 0 aliphatic rings. The fourth-order valence-corrected chi connectivity index (χ4v) is 7.91. The Bertz CT molecular complexity index is 1520. The lowest BCUT2D eigenvalue weighted by molar-refractivity contribution is -0.152. The predicted molar refractivity (Wildman–Crippen MR) is 262 cm³/mol. The lowest BCUT2D eigenvalue weighted by atomic mass is 9.67. The Morgan fingerprint density at radius 2 is 0.925 bits per heavy atom. The average molecular weight is 952 g/mol. The van der Waals surface area contributed by atoms with Crippen LogP contribution < -0.4 is 38.1 Å². The summed E-state index contributed by atoms with van der Waals surface area (Å²) < 4.78 is 10.9. The van der Waals surface area contributed by atoms with Crippen molar-refractivity contribution in [3.05, 3.63) is 0 Å². The molecule has 4 unspecified atom stereocenters. The molecular weight excluding hydrogens is 859 g/mol. The quantitative estimate of drug-likeness (QED) is 0.0333. The first-order chi connectivity index (χ1) is 31.6. The Morgan fingerprint density at radius 3 is 1.43 bits per heavy atom. The number of rotatable bonds is 41. The highest BCUT2D eigenvalue weighted by Crippen LogP contribution is 2.40. The van der Waals surface area contributed by atoms with E-state index in [9.17, 15) is 38.4 Å². The van der Waals surface area contributed by atoms with Crippen molar-refractivity contribution in [2.75, 3.05) is 72.1 Å². The number of nitrogens with two attached hydrogens (primary N) is 2. The van der Waals surface area contributed by atoms with Crippen molar-refractivity contribution >= 4 is 47.0 Å². The third-order valence-electron chi connectivity index (χ3n) is 12.3. The number of ether oxygens (including phenoxy) is 2. The Morgan fingerprint density at radius 1 is 0.478 bits per heavy atom. The van der Waals surface area contributed by atoms with Crippen molar-refractivity contribution in [1.82, 2.24) is 26.6 Å². The van der Waals surface area contributed by atoms with E-state index < -0.39 is 57.8 Å². The number of carbonyl (C=O) groups excluding carboxylic acids is 8. The molecule has 0 heterocycles. The van der Waals surface area contributed by atoms with E-state index >= 15 is 0 Å². The molecule has 9 N–H and O–H groups in total. The fraction of sp³-hybridized carbons (Fsp3) is 0.840. The molecule has 0 aromatic carbocycles. The predicted octanol–water partition coefficient (Wildman–Crippen LogP) is 4.31. The van der Waals surface area contributed by atoms with E-state index in [1.807, 2.05) is 27.7 Å². The van der Waals surface area contributed by atoms with Crippen molar-refractivity contribution in [3.8, 4) is 0 Å². The van der Waals surface area contributed by atoms with E-state index in [4.69, 9.17) is 20.9 Å². The molecule has 0 spiro atoms. The number of carbonyl (C=O) groups is 8. The second-order valence-corrected chi connectivity index (χ2v) is 19.9. The molecule has 0 radical (unpaired) electrons. The van der Waals surface area contributed by atoms with Crippen molar-refractivity contribution < 1.29 is 47.8 Å². The zero-order valence-electron chi connectivity index (χ0n) is 43.2. The Labute approximate surface area is 403 Å². The van der Waals surface area contributed by atoms with Crippen LogP contribution in [0.25, 0.3) is 0 Å². The normalized spacial score (nSPS) is 13.7. The number of hydrogen-bond acceptors (Lipinski definition) is 14. The van der Waals surface area contributed by atoms with E-state index in [0.29, 0.717) is 71.6 Å². The maximum atomic E-state index is 14.9. The minimum absolute atomic E-state index is 0.0204. The Balaban J connectivity index is 6.78. The number of amides is 3. The molecule has 17 nitrogen and oxygen atoms in total. The number of Topliss-reactive ketones (excluding diaryl/α,β-unsaturated/α-hetero) is 3. The standard InChI is InChI=1S/C50H93N7O10/c1-11-15-20-56-46(64)39(31-42(60)55-25-23-53-21-18-51)34-49(7,8)41(59)30-38(45(63)57-26-24-54-22-19-52)35-50(9,10)44(62)37(32-43(61)66-27-16-12-2)33-48(5,6)40(58)29-36(14-4)47(65)67-28-17-13-3/h36-39,53-54H,11-35,51-52H2,1-10H3,(H,55,60)(H,56,64)(H,57,63). The smallest absolute Gasteiger partial charge is 0.309 e. The van der Waals surface area contributed by atoms with Gasteiger partial charge in [-0.25, -0.2) is 0 Å². The Hall–Kier alpha value is -3.80. The summed E-state index contributed by atoms with van der Waals surface area (Å²) in [5, 5.41) is 14.9. The van der Waals surface area contributed by atoms with Crippen LogP contribution >= 0.6 is 0 Å². The van der Waals surface area contributed by atoms with E-state index in [1.54, 1.807) is 41.5 Å². The molecule has 0 rings (SSSR count). The average Bonchev–Trinajstić information content (AvgIpc) is 3.26. The van der Waals surface area contributed by atoms with Gasteiger partial charge in [0, 0.05) is 112 Å². The molecule has 17 heteroatoms. The van der Waals surface area contributed by atoms with E-state index in [0.717, 1.165) is 25.7 Å². The Kier molecular flexibility index (Phi) is 32.5. The van der Waals surface area contributed by atoms with Gasteiger partial charge >= 0.3 is 11.9 Å². The van der Waals surface area contributed by atoms with Crippen molar-refractivity contribution in [1.29, 1.82) is 0 Å². The zero-order valence-corrected chi connectivity index (χ0v) is 43.2. The van der Waals surface area contributed by atoms with Gasteiger partial charge in [-0.3, -0.25) is 38.4 Å². The molecule has 0 saturated heterocycles. The highest BCUT2D eigenvalue weighted by molar-refractivity contribution is 5.94. The van der Waals surface area contributed by atoms with Crippen LogP contribution in [0.4, 0.5) is 0 Å². The highest BCUT2D eigenvalue weighted by Gasteiger charge is 2.44. The van der Waals surface area contributed by atoms with Gasteiger partial charge in [0.15, 0.2) is 0 Å². The second-order valence-electron chi connectivity index (χ2n) is 19.9. The van der Waals surface area contributed by atoms with Gasteiger partial charge in [-0.2, -0.15) is 0 Å². The molecule has 4 atom stereocenters. The van der Waals surface area contributed by atoms with Crippen molar-refractivity contribution in [2.24, 2.45) is 51.4 Å². The summed E-state index contributed by atoms with van der Waals surface area (Å²) in [6, 6.07) is 0. The van der Waals surface area contributed by atoms with Gasteiger partial charge in [0.1, 0.15) is 17.3 Å². The molecule has 0 aliphatic heterocycles. The van der Waals surface area contributed by atoms with Gasteiger partial charge in [0.2, 0.25) is 17.7 Å². The highest BCUT2D eigenvalue weighted by atomic mass is 16.5. The maximum Gasteiger partial charge on any atom is 0.309 e. The van der Waals surface area contributed by atoms with Crippen LogP contribution in [0.5, 0.6) is 0 Å². The van der Waals surface area contributed by atoms with Gasteiger partial charge in [-0.05, 0) is 44.9 Å². The largest absolute Gasteiger partial charge is 0.466 e. The van der Waals surface area contributed by atoms with Gasteiger partial charge < -0.3 is 47.5 Å². The maximum absolute atomic E-state index is 14.9. The van der Waals surface area contributed by atoms with E-state index in [1.165, 1.54) is 0 Å². The summed E-state index contributed by atoms with van der Waals surface area (Å²) in [7, 11) is 0. The number of esters is 2. The third-order valence-corrected chi connectivity index (χ3v) is 12.3. The topological polar surface area (TPSA) is 267 Å². The first-order valence-electron chi connectivity index (χ1n) is 25.1. The minimum atomic E-state index is -1.29. The molecule has 0 aromatic heterocycles. The van der Waals surface area contributed by atoms with Crippen LogP contribution in [0, 0.1) is 39.9 Å². The number of ketones is 3. The molecule has 67 heavy (non-hydrogen) atoms. The van der Waals surface area contributed by atoms with Crippen LogP contribution in [-0.4, -0.2) is 119 Å². The SMILES string of the molecule is CCCCNC(=O)C(CC(=O)NCCNCCN)CC(C)(C)C(=O)CC(CC(C)(C)C(=O)C(CC(=O)OCCCC)CC(C)(C)C(=O)CC(CC)C(=O)OCCCC)C(=O)NCCNCCN. The minimum Gasteiger partial charge on any atom is -0.466 e. The van der Waals surface area contributed by atoms with Crippen LogP contribution in [0.15, 0.2) is 0 Å². The number of nitrogens with one attached hydrogen (secondary N) is 5. The number of unbranched alkanes of at least 4 members (excludes halogenated alkanes) is 3. The summed E-state index contributed by atoms with van der Waals surface area (Å²) in [6.07, 6.45) is 4.13. The van der Waals surface area contributed by atoms with E-state index in [-0.39, 0.29) is 93.9 Å². The molecular formula is C50H93N7O10. The zero-order chi connectivity index (χ0) is 51.1. The van der Waals surface area contributed by atoms with Crippen LogP contribution in [-0.2, 0) is 47.8 Å². The summed E-state index contributed by atoms with van der Waals surface area (Å²) in [6.45, 7) is 22.3. The molecule has 388 valence electrons. The van der Waals surface area contributed by atoms with Gasteiger partial charge in [0.25, 0.3) is 0 Å². The first kappa shape index (κ1) is 63.2. The van der Waals surface area contributed by atoms with Gasteiger partial charge in [0.05, 0.1) is 25.6 Å². The monoisotopic (exact) mass is 952 g/mol. The van der Waals surface area contributed by atoms with Crippen molar-refractivity contribution in [2.45, 2.75) is 159 Å². The van der Waals surface area contributed by atoms with Gasteiger partial charge in [-0.1, -0.05) is 88.5 Å². The van der Waals surface area contributed by atoms with Crippen LogP contribution in [0.2, 0.25) is 0 Å². The molecule has 0 fully saturated rings. The third kappa shape index (κ3) is 26.5. The molecule has 3 amide bonds. The van der Waals surface area contributed by atoms with E-state index in [2.05, 4.69) is 26.6 Å². The van der Waals surface area contributed by atoms with Gasteiger partial charge in [-0.15, -0.1) is 0 Å². The van der Waals surface area contributed by atoms with Crippen LogP contribution in [0.3, 0.4) is 0 Å². The van der Waals surface area contributed by atoms with Crippen molar-refractivity contribution in [3.63, 3.8) is 0 Å². The summed E-state index contributed by atoms with van der Waals surface area (Å²) in [4.78, 5) is 110. The summed E-state index contributed by atoms with van der Waals surface area (Å²) in [5.74, 6) is -6.57.